The number of aryl methyl sites for hydroxylation is 1. The standard InChI is InChI=1S/C13H17ClN4/c1-3-5-15-13-7-11(4-6-16-13)8-18-9-12(14)10(2)17-18/h4,6-7,9H,3,5,8H2,1-2H3,(H,15,16). The molecule has 0 spiro atoms. The first kappa shape index (κ1) is 12.9. The van der Waals surface area contributed by atoms with Gasteiger partial charge in [-0.05, 0) is 31.0 Å². The van der Waals surface area contributed by atoms with Gasteiger partial charge in [-0.1, -0.05) is 18.5 Å². The molecule has 0 unspecified atom stereocenters. The molecule has 0 aliphatic rings. The molecule has 0 saturated carbocycles. The lowest BCUT2D eigenvalue weighted by Crippen LogP contribution is -2.04. The van der Waals surface area contributed by atoms with E-state index in [0.717, 1.165) is 30.0 Å². The van der Waals surface area contributed by atoms with Gasteiger partial charge in [0.05, 0.1) is 17.3 Å². The number of pyridine rings is 1. The van der Waals surface area contributed by atoms with Crippen LogP contribution in [-0.4, -0.2) is 21.3 Å². The summed E-state index contributed by atoms with van der Waals surface area (Å²) in [6.07, 6.45) is 4.74. The van der Waals surface area contributed by atoms with Crippen LogP contribution in [0.2, 0.25) is 5.02 Å². The molecular formula is C13H17ClN4. The maximum absolute atomic E-state index is 5.99. The lowest BCUT2D eigenvalue weighted by molar-refractivity contribution is 0.679. The van der Waals surface area contributed by atoms with Crippen LogP contribution in [0.3, 0.4) is 0 Å². The maximum Gasteiger partial charge on any atom is 0.126 e. The van der Waals surface area contributed by atoms with Crippen LogP contribution in [0, 0.1) is 6.92 Å². The smallest absolute Gasteiger partial charge is 0.126 e. The molecule has 2 rings (SSSR count). The summed E-state index contributed by atoms with van der Waals surface area (Å²) in [7, 11) is 0. The number of aromatic nitrogens is 3. The van der Waals surface area contributed by atoms with Gasteiger partial charge in [0.25, 0.3) is 0 Å². The second-order valence-corrected chi connectivity index (χ2v) is 4.64. The minimum atomic E-state index is 0.702. The van der Waals surface area contributed by atoms with Crippen molar-refractivity contribution in [3.63, 3.8) is 0 Å². The molecular weight excluding hydrogens is 248 g/mol. The Balaban J connectivity index is 2.09. The molecule has 18 heavy (non-hydrogen) atoms. The molecule has 96 valence electrons. The van der Waals surface area contributed by atoms with Crippen molar-refractivity contribution >= 4 is 17.4 Å². The summed E-state index contributed by atoms with van der Waals surface area (Å²) in [4.78, 5) is 4.27. The van der Waals surface area contributed by atoms with Crippen molar-refractivity contribution in [2.75, 3.05) is 11.9 Å². The van der Waals surface area contributed by atoms with E-state index in [2.05, 4.69) is 22.3 Å². The molecule has 1 N–H and O–H groups in total. The molecule has 5 heteroatoms. The number of rotatable bonds is 5. The van der Waals surface area contributed by atoms with E-state index in [9.17, 15) is 0 Å². The molecule has 0 radical (unpaired) electrons. The van der Waals surface area contributed by atoms with Crippen molar-refractivity contribution in [3.8, 4) is 0 Å². The third kappa shape index (κ3) is 3.23. The van der Waals surface area contributed by atoms with Gasteiger partial charge < -0.3 is 5.32 Å². The van der Waals surface area contributed by atoms with Gasteiger partial charge in [0.1, 0.15) is 5.82 Å². The summed E-state index contributed by atoms with van der Waals surface area (Å²) >= 11 is 5.99. The van der Waals surface area contributed by atoms with Crippen molar-refractivity contribution in [2.24, 2.45) is 0 Å². The minimum absolute atomic E-state index is 0.702. The molecule has 4 nitrogen and oxygen atoms in total. The Bertz CT molecular complexity index is 502. The van der Waals surface area contributed by atoms with Crippen LogP contribution in [0.1, 0.15) is 24.6 Å². The van der Waals surface area contributed by atoms with E-state index in [0.29, 0.717) is 11.6 Å². The van der Waals surface area contributed by atoms with Crippen LogP contribution in [-0.2, 0) is 6.54 Å². The Morgan fingerprint density at radius 3 is 2.94 bits per heavy atom. The summed E-state index contributed by atoms with van der Waals surface area (Å²) in [5.41, 5.74) is 2.01. The molecule has 0 atom stereocenters. The Labute approximate surface area is 112 Å². The van der Waals surface area contributed by atoms with Gasteiger partial charge in [-0.15, -0.1) is 0 Å². The van der Waals surface area contributed by atoms with Gasteiger partial charge in [-0.3, -0.25) is 4.68 Å². The molecule has 2 aromatic rings. The normalized spacial score (nSPS) is 10.6. The fourth-order valence-corrected chi connectivity index (χ4v) is 1.83. The van der Waals surface area contributed by atoms with E-state index in [4.69, 9.17) is 11.6 Å². The van der Waals surface area contributed by atoms with Gasteiger partial charge >= 0.3 is 0 Å². The highest BCUT2D eigenvalue weighted by molar-refractivity contribution is 6.31. The number of hydrogen-bond acceptors (Lipinski definition) is 3. The van der Waals surface area contributed by atoms with Crippen LogP contribution in [0.5, 0.6) is 0 Å². The molecule has 0 fully saturated rings. The van der Waals surface area contributed by atoms with Crippen molar-refractivity contribution < 1.29 is 0 Å². The average Bonchev–Trinajstić information content (AvgIpc) is 2.66. The molecule has 0 amide bonds. The third-order valence-corrected chi connectivity index (χ3v) is 2.98. The first-order valence-electron chi connectivity index (χ1n) is 6.07. The summed E-state index contributed by atoms with van der Waals surface area (Å²) in [5, 5.41) is 8.31. The first-order valence-corrected chi connectivity index (χ1v) is 6.45. The van der Waals surface area contributed by atoms with E-state index in [-0.39, 0.29) is 0 Å². The maximum atomic E-state index is 5.99. The van der Waals surface area contributed by atoms with Crippen LogP contribution < -0.4 is 5.32 Å². The zero-order chi connectivity index (χ0) is 13.0. The highest BCUT2D eigenvalue weighted by Gasteiger charge is 2.03. The van der Waals surface area contributed by atoms with Crippen LogP contribution in [0.15, 0.2) is 24.5 Å². The van der Waals surface area contributed by atoms with Gasteiger partial charge in [0, 0.05) is 18.9 Å². The fourth-order valence-electron chi connectivity index (χ4n) is 1.68. The van der Waals surface area contributed by atoms with Gasteiger partial charge in [-0.2, -0.15) is 5.10 Å². The molecule has 0 aromatic carbocycles. The minimum Gasteiger partial charge on any atom is -0.370 e. The highest BCUT2D eigenvalue weighted by atomic mass is 35.5. The zero-order valence-corrected chi connectivity index (χ0v) is 11.4. The van der Waals surface area contributed by atoms with E-state index < -0.39 is 0 Å². The predicted octanol–water partition coefficient (Wildman–Crippen LogP) is 3.11. The molecule has 0 saturated heterocycles. The van der Waals surface area contributed by atoms with Gasteiger partial charge in [0.15, 0.2) is 0 Å². The summed E-state index contributed by atoms with van der Waals surface area (Å²) in [5.74, 6) is 0.907. The number of anilines is 1. The Morgan fingerprint density at radius 1 is 1.44 bits per heavy atom. The van der Waals surface area contributed by atoms with Crippen molar-refractivity contribution in [1.82, 2.24) is 14.8 Å². The molecule has 2 heterocycles. The Morgan fingerprint density at radius 2 is 2.28 bits per heavy atom. The predicted molar refractivity (Wildman–Crippen MR) is 74.1 cm³/mol. The van der Waals surface area contributed by atoms with Crippen LogP contribution in [0.4, 0.5) is 5.82 Å². The second-order valence-electron chi connectivity index (χ2n) is 4.24. The number of hydrogen-bond donors (Lipinski definition) is 1. The molecule has 0 aliphatic heterocycles. The Hall–Kier alpha value is -1.55. The van der Waals surface area contributed by atoms with Crippen LogP contribution in [0.25, 0.3) is 0 Å². The van der Waals surface area contributed by atoms with E-state index in [1.807, 2.05) is 36.1 Å². The first-order chi connectivity index (χ1) is 8.69. The van der Waals surface area contributed by atoms with Crippen LogP contribution >= 0.6 is 11.6 Å². The zero-order valence-electron chi connectivity index (χ0n) is 10.7. The van der Waals surface area contributed by atoms with E-state index in [1.54, 1.807) is 0 Å². The van der Waals surface area contributed by atoms with Crippen molar-refractivity contribution in [2.45, 2.75) is 26.8 Å². The Kier molecular flexibility index (Phi) is 4.20. The van der Waals surface area contributed by atoms with E-state index >= 15 is 0 Å². The number of nitrogens with one attached hydrogen (secondary N) is 1. The fraction of sp³-hybridized carbons (Fsp3) is 0.385. The number of halogens is 1. The molecule has 2 aromatic heterocycles. The second kappa shape index (κ2) is 5.87. The lowest BCUT2D eigenvalue weighted by atomic mass is 10.2. The summed E-state index contributed by atoms with van der Waals surface area (Å²) in [6, 6.07) is 4.03. The summed E-state index contributed by atoms with van der Waals surface area (Å²) in [6.45, 7) is 5.67. The molecule has 0 aliphatic carbocycles. The highest BCUT2D eigenvalue weighted by Crippen LogP contribution is 2.14. The quantitative estimate of drug-likeness (QED) is 0.902. The third-order valence-electron chi connectivity index (χ3n) is 2.61. The lowest BCUT2D eigenvalue weighted by Gasteiger charge is -2.06. The van der Waals surface area contributed by atoms with Gasteiger partial charge in [0.2, 0.25) is 0 Å². The molecule has 0 bridgehead atoms. The average molecular weight is 265 g/mol. The largest absolute Gasteiger partial charge is 0.370 e. The number of nitrogens with zero attached hydrogens (tertiary/aromatic N) is 3. The van der Waals surface area contributed by atoms with Gasteiger partial charge in [-0.25, -0.2) is 4.98 Å². The van der Waals surface area contributed by atoms with E-state index in [1.165, 1.54) is 0 Å². The SMILES string of the molecule is CCCNc1cc(Cn2cc(Cl)c(C)n2)ccn1. The topological polar surface area (TPSA) is 42.7 Å². The monoisotopic (exact) mass is 264 g/mol. The van der Waals surface area contributed by atoms with Crippen molar-refractivity contribution in [1.29, 1.82) is 0 Å². The van der Waals surface area contributed by atoms with Crippen molar-refractivity contribution in [3.05, 3.63) is 40.8 Å². The summed E-state index contributed by atoms with van der Waals surface area (Å²) < 4.78 is 1.84.